The second-order valence-corrected chi connectivity index (χ2v) is 5.77. The topological polar surface area (TPSA) is 29.9 Å². The Balaban J connectivity index is 2.36. The molecule has 0 amide bonds. The molecule has 2 rings (SSSR count). The maximum Gasteiger partial charge on any atom is 0.0767 e. The molecule has 2 aromatic heterocycles. The van der Waals surface area contributed by atoms with E-state index in [0.717, 1.165) is 24.0 Å². The normalized spacial score (nSPS) is 12.8. The molecule has 0 fully saturated rings. The van der Waals surface area contributed by atoms with Crippen LogP contribution in [0.5, 0.6) is 0 Å². The van der Waals surface area contributed by atoms with E-state index in [4.69, 9.17) is 0 Å². The summed E-state index contributed by atoms with van der Waals surface area (Å²) in [6, 6.07) is 2.39. The fraction of sp³-hybridized carbons (Fsp3) is 0.462. The van der Waals surface area contributed by atoms with Crippen LogP contribution >= 0.6 is 27.3 Å². The lowest BCUT2D eigenvalue weighted by atomic mass is 10.1. The van der Waals surface area contributed by atoms with E-state index in [1.807, 2.05) is 6.20 Å². The summed E-state index contributed by atoms with van der Waals surface area (Å²) in [7, 11) is 0. The molecule has 1 unspecified atom stereocenters. The van der Waals surface area contributed by atoms with Gasteiger partial charge in [-0.2, -0.15) is 16.4 Å². The maximum absolute atomic E-state index is 4.41. The molecule has 5 heteroatoms. The average molecular weight is 328 g/mol. The van der Waals surface area contributed by atoms with Crippen molar-refractivity contribution in [3.63, 3.8) is 0 Å². The van der Waals surface area contributed by atoms with Gasteiger partial charge in [0.2, 0.25) is 0 Å². The van der Waals surface area contributed by atoms with Crippen molar-refractivity contribution in [2.45, 2.75) is 32.9 Å². The van der Waals surface area contributed by atoms with Crippen molar-refractivity contribution in [2.75, 3.05) is 6.54 Å². The van der Waals surface area contributed by atoms with Crippen LogP contribution in [0.3, 0.4) is 0 Å². The van der Waals surface area contributed by atoms with E-state index >= 15 is 0 Å². The second-order valence-electron chi connectivity index (χ2n) is 4.14. The van der Waals surface area contributed by atoms with Crippen LogP contribution in [0.1, 0.15) is 37.6 Å². The summed E-state index contributed by atoms with van der Waals surface area (Å²) in [5.74, 6) is 0. The molecule has 2 heterocycles. The SMILES string of the molecule is CCCNC(c1ccsc1)c1c(Br)cnn1CC. The van der Waals surface area contributed by atoms with Crippen LogP contribution in [0.4, 0.5) is 0 Å². The highest BCUT2D eigenvalue weighted by Crippen LogP contribution is 2.29. The number of nitrogens with zero attached hydrogens (tertiary/aromatic N) is 2. The van der Waals surface area contributed by atoms with E-state index in [0.29, 0.717) is 0 Å². The zero-order valence-electron chi connectivity index (χ0n) is 10.7. The first-order chi connectivity index (χ1) is 8.77. The number of aryl methyl sites for hydroxylation is 1. The molecular weight excluding hydrogens is 310 g/mol. The predicted octanol–water partition coefficient (Wildman–Crippen LogP) is 3.82. The van der Waals surface area contributed by atoms with Crippen LogP contribution in [0, 0.1) is 0 Å². The Bertz CT molecular complexity index is 478. The Kier molecular flexibility index (Phi) is 4.97. The first kappa shape index (κ1) is 13.8. The van der Waals surface area contributed by atoms with Crippen LogP contribution in [0.2, 0.25) is 0 Å². The molecule has 0 aliphatic carbocycles. The molecule has 98 valence electrons. The first-order valence-electron chi connectivity index (χ1n) is 6.24. The summed E-state index contributed by atoms with van der Waals surface area (Å²) in [6.07, 6.45) is 3.00. The third-order valence-electron chi connectivity index (χ3n) is 2.88. The lowest BCUT2D eigenvalue weighted by Gasteiger charge is -2.19. The summed E-state index contributed by atoms with van der Waals surface area (Å²) >= 11 is 5.35. The molecular formula is C13H18BrN3S. The fourth-order valence-electron chi connectivity index (χ4n) is 2.01. The molecule has 0 aromatic carbocycles. The maximum atomic E-state index is 4.41. The third-order valence-corrected chi connectivity index (χ3v) is 4.19. The van der Waals surface area contributed by atoms with Crippen molar-refractivity contribution in [2.24, 2.45) is 0 Å². The van der Waals surface area contributed by atoms with Gasteiger partial charge >= 0.3 is 0 Å². The van der Waals surface area contributed by atoms with E-state index in [-0.39, 0.29) is 6.04 Å². The average Bonchev–Trinajstić information content (AvgIpc) is 3.01. The summed E-state index contributed by atoms with van der Waals surface area (Å²) in [5, 5.41) is 12.3. The van der Waals surface area contributed by atoms with Crippen LogP contribution in [-0.4, -0.2) is 16.3 Å². The predicted molar refractivity (Wildman–Crippen MR) is 80.1 cm³/mol. The molecule has 0 aliphatic heterocycles. The minimum Gasteiger partial charge on any atom is -0.305 e. The lowest BCUT2D eigenvalue weighted by Crippen LogP contribution is -2.25. The number of thiophene rings is 1. The Labute approximate surface area is 120 Å². The summed E-state index contributed by atoms with van der Waals surface area (Å²) in [6.45, 7) is 6.19. The highest BCUT2D eigenvalue weighted by atomic mass is 79.9. The van der Waals surface area contributed by atoms with Crippen LogP contribution < -0.4 is 5.32 Å². The van der Waals surface area contributed by atoms with Gasteiger partial charge in [-0.1, -0.05) is 6.92 Å². The largest absolute Gasteiger partial charge is 0.305 e. The zero-order valence-corrected chi connectivity index (χ0v) is 13.1. The molecule has 18 heavy (non-hydrogen) atoms. The molecule has 0 bridgehead atoms. The molecule has 3 nitrogen and oxygen atoms in total. The highest BCUT2D eigenvalue weighted by molar-refractivity contribution is 9.10. The van der Waals surface area contributed by atoms with Crippen molar-refractivity contribution in [3.8, 4) is 0 Å². The highest BCUT2D eigenvalue weighted by Gasteiger charge is 2.21. The van der Waals surface area contributed by atoms with Gasteiger partial charge in [0.05, 0.1) is 22.4 Å². The van der Waals surface area contributed by atoms with Gasteiger partial charge in [0.25, 0.3) is 0 Å². The molecule has 1 N–H and O–H groups in total. The second kappa shape index (κ2) is 6.50. The Hall–Kier alpha value is -0.650. The lowest BCUT2D eigenvalue weighted by molar-refractivity contribution is 0.529. The number of hydrogen-bond acceptors (Lipinski definition) is 3. The molecule has 0 spiro atoms. The first-order valence-corrected chi connectivity index (χ1v) is 7.98. The Morgan fingerprint density at radius 1 is 1.50 bits per heavy atom. The molecule has 1 atom stereocenters. The van der Waals surface area contributed by atoms with E-state index in [2.05, 4.69) is 61.7 Å². The van der Waals surface area contributed by atoms with Gasteiger partial charge < -0.3 is 5.32 Å². The van der Waals surface area contributed by atoms with Crippen LogP contribution in [0.15, 0.2) is 27.5 Å². The van der Waals surface area contributed by atoms with Crippen molar-refractivity contribution in [1.82, 2.24) is 15.1 Å². The quantitative estimate of drug-likeness (QED) is 0.874. The third kappa shape index (κ3) is 2.84. The summed E-state index contributed by atoms with van der Waals surface area (Å²) in [5.41, 5.74) is 2.52. The van der Waals surface area contributed by atoms with Crippen LogP contribution in [0.25, 0.3) is 0 Å². The van der Waals surface area contributed by atoms with Crippen molar-refractivity contribution < 1.29 is 0 Å². The molecule has 0 saturated heterocycles. The van der Waals surface area contributed by atoms with Gasteiger partial charge in [-0.3, -0.25) is 4.68 Å². The van der Waals surface area contributed by atoms with Gasteiger partial charge in [0.15, 0.2) is 0 Å². The number of halogens is 1. The number of nitrogens with one attached hydrogen (secondary N) is 1. The number of hydrogen-bond donors (Lipinski definition) is 1. The standard InChI is InChI=1S/C13H18BrN3S/c1-3-6-15-12(10-5-7-18-9-10)13-11(14)8-16-17(13)4-2/h5,7-9,12,15H,3-4,6H2,1-2H3. The Morgan fingerprint density at radius 3 is 2.94 bits per heavy atom. The zero-order chi connectivity index (χ0) is 13.0. The minimum atomic E-state index is 0.216. The van der Waals surface area contributed by atoms with E-state index in [1.165, 1.54) is 11.3 Å². The van der Waals surface area contributed by atoms with Gasteiger partial charge in [-0.25, -0.2) is 0 Å². The van der Waals surface area contributed by atoms with Crippen molar-refractivity contribution in [3.05, 3.63) is 38.8 Å². The van der Waals surface area contributed by atoms with Crippen molar-refractivity contribution >= 4 is 27.3 Å². The monoisotopic (exact) mass is 327 g/mol. The van der Waals surface area contributed by atoms with E-state index < -0.39 is 0 Å². The van der Waals surface area contributed by atoms with Gasteiger partial charge in [0.1, 0.15) is 0 Å². The fourth-order valence-corrected chi connectivity index (χ4v) is 3.22. The smallest absolute Gasteiger partial charge is 0.0767 e. The minimum absolute atomic E-state index is 0.216. The molecule has 2 aromatic rings. The van der Waals surface area contributed by atoms with E-state index in [1.54, 1.807) is 11.3 Å². The molecule has 0 aliphatic rings. The van der Waals surface area contributed by atoms with Crippen LogP contribution in [-0.2, 0) is 6.54 Å². The van der Waals surface area contributed by atoms with Gasteiger partial charge in [-0.15, -0.1) is 0 Å². The number of rotatable bonds is 6. The molecule has 0 radical (unpaired) electrons. The van der Waals surface area contributed by atoms with E-state index in [9.17, 15) is 0 Å². The summed E-state index contributed by atoms with van der Waals surface area (Å²) < 4.78 is 3.12. The molecule has 0 saturated carbocycles. The van der Waals surface area contributed by atoms with Crippen molar-refractivity contribution in [1.29, 1.82) is 0 Å². The van der Waals surface area contributed by atoms with Gasteiger partial charge in [-0.05, 0) is 58.2 Å². The number of aromatic nitrogens is 2. The van der Waals surface area contributed by atoms with Gasteiger partial charge in [0, 0.05) is 6.54 Å². The Morgan fingerprint density at radius 2 is 2.33 bits per heavy atom. The summed E-state index contributed by atoms with van der Waals surface area (Å²) in [4.78, 5) is 0.